The molecule has 0 unspecified atom stereocenters. The third kappa shape index (κ3) is 3.14. The number of carbonyl (C=O) groups is 1. The van der Waals surface area contributed by atoms with Gasteiger partial charge in [0.2, 0.25) is 0 Å². The Morgan fingerprint density at radius 3 is 2.70 bits per heavy atom. The summed E-state index contributed by atoms with van der Waals surface area (Å²) in [4.78, 5) is 23.0. The average molecular weight is 321 g/mol. The highest BCUT2D eigenvalue weighted by Crippen LogP contribution is 2.27. The van der Waals surface area contributed by atoms with Crippen LogP contribution in [0.25, 0.3) is 0 Å². The predicted octanol–water partition coefficient (Wildman–Crippen LogP) is 2.94. The van der Waals surface area contributed by atoms with Gasteiger partial charge in [0.25, 0.3) is 11.5 Å². The van der Waals surface area contributed by atoms with Crippen LogP contribution in [0.15, 0.2) is 29.1 Å². The first-order valence-electron chi connectivity index (χ1n) is 5.21. The van der Waals surface area contributed by atoms with E-state index in [1.807, 2.05) is 0 Å². The minimum Gasteiger partial charge on any atom is -0.433 e. The van der Waals surface area contributed by atoms with Crippen molar-refractivity contribution in [2.75, 3.05) is 5.32 Å². The summed E-state index contributed by atoms with van der Waals surface area (Å²) in [6.45, 7) is -3.01. The zero-order chi connectivity index (χ0) is 14.7. The Labute approximate surface area is 120 Å². The van der Waals surface area contributed by atoms with E-state index in [0.717, 1.165) is 11.5 Å². The van der Waals surface area contributed by atoms with Gasteiger partial charge in [-0.25, -0.2) is 0 Å². The molecule has 0 bridgehead atoms. The van der Waals surface area contributed by atoms with E-state index in [4.69, 9.17) is 11.6 Å². The summed E-state index contributed by atoms with van der Waals surface area (Å²) < 4.78 is 31.0. The molecule has 5 nitrogen and oxygen atoms in total. The van der Waals surface area contributed by atoms with Gasteiger partial charge in [0.05, 0.1) is 5.69 Å². The maximum absolute atomic E-state index is 12.2. The van der Waals surface area contributed by atoms with E-state index in [2.05, 4.69) is 14.4 Å². The van der Waals surface area contributed by atoms with Crippen LogP contribution in [0.3, 0.4) is 0 Å². The average Bonchev–Trinajstić information content (AvgIpc) is 2.72. The topological polar surface area (TPSA) is 71.2 Å². The molecule has 0 radical (unpaired) electrons. The van der Waals surface area contributed by atoms with E-state index in [1.165, 1.54) is 24.3 Å². The molecule has 1 amide bonds. The van der Waals surface area contributed by atoms with E-state index in [-0.39, 0.29) is 21.3 Å². The third-order valence-corrected chi connectivity index (χ3v) is 3.56. The SMILES string of the molecule is O=C(Nc1ccccc1OC(F)F)c1s[nH]c(=O)c1Cl. The number of nitrogens with one attached hydrogen (secondary N) is 2. The molecule has 0 aliphatic heterocycles. The molecule has 0 spiro atoms. The van der Waals surface area contributed by atoms with Crippen molar-refractivity contribution in [3.8, 4) is 5.75 Å². The molecule has 20 heavy (non-hydrogen) atoms. The smallest absolute Gasteiger partial charge is 0.387 e. The van der Waals surface area contributed by atoms with Gasteiger partial charge >= 0.3 is 6.61 Å². The first-order chi connectivity index (χ1) is 9.49. The molecule has 0 fully saturated rings. The second kappa shape index (κ2) is 6.02. The number of alkyl halides is 2. The minimum absolute atomic E-state index is 0.0384. The molecule has 2 aromatic rings. The molecule has 1 aromatic carbocycles. The molecule has 0 saturated carbocycles. The highest BCUT2D eigenvalue weighted by Gasteiger charge is 2.18. The van der Waals surface area contributed by atoms with Crippen molar-refractivity contribution < 1.29 is 18.3 Å². The zero-order valence-electron chi connectivity index (χ0n) is 9.65. The van der Waals surface area contributed by atoms with Crippen molar-refractivity contribution in [2.24, 2.45) is 0 Å². The Bertz CT molecular complexity index is 686. The Hall–Kier alpha value is -1.93. The summed E-state index contributed by atoms with van der Waals surface area (Å²) in [5, 5.41) is 2.11. The summed E-state index contributed by atoms with van der Waals surface area (Å²) in [7, 11) is 0. The van der Waals surface area contributed by atoms with Gasteiger partial charge in [-0.05, 0) is 12.1 Å². The van der Waals surface area contributed by atoms with Crippen LogP contribution in [-0.4, -0.2) is 16.9 Å². The molecule has 0 saturated heterocycles. The van der Waals surface area contributed by atoms with Crippen molar-refractivity contribution in [1.82, 2.24) is 4.37 Å². The van der Waals surface area contributed by atoms with E-state index in [9.17, 15) is 18.4 Å². The lowest BCUT2D eigenvalue weighted by molar-refractivity contribution is -0.0493. The normalized spacial score (nSPS) is 10.6. The van der Waals surface area contributed by atoms with Gasteiger partial charge < -0.3 is 10.1 Å². The van der Waals surface area contributed by atoms with Crippen LogP contribution in [0.5, 0.6) is 5.75 Å². The van der Waals surface area contributed by atoms with Gasteiger partial charge in [-0.3, -0.25) is 14.0 Å². The summed E-state index contributed by atoms with van der Waals surface area (Å²) in [6, 6.07) is 5.69. The Balaban J connectivity index is 2.24. The fourth-order valence-electron chi connectivity index (χ4n) is 1.38. The molecular weight excluding hydrogens is 314 g/mol. The van der Waals surface area contributed by atoms with Crippen LogP contribution in [0.2, 0.25) is 5.02 Å². The second-order valence-corrected chi connectivity index (χ2v) is 4.70. The number of rotatable bonds is 4. The van der Waals surface area contributed by atoms with Gasteiger partial charge in [-0.2, -0.15) is 8.78 Å². The fourth-order valence-corrected chi connectivity index (χ4v) is 2.31. The van der Waals surface area contributed by atoms with Crippen LogP contribution in [0.1, 0.15) is 9.67 Å². The van der Waals surface area contributed by atoms with Gasteiger partial charge in [0.1, 0.15) is 15.6 Å². The molecule has 9 heteroatoms. The summed E-state index contributed by atoms with van der Waals surface area (Å²) >= 11 is 6.40. The van der Waals surface area contributed by atoms with Gasteiger partial charge in [-0.15, -0.1) is 0 Å². The van der Waals surface area contributed by atoms with Crippen molar-refractivity contribution >= 4 is 34.7 Å². The van der Waals surface area contributed by atoms with E-state index >= 15 is 0 Å². The van der Waals surface area contributed by atoms with Gasteiger partial charge in [0.15, 0.2) is 0 Å². The highest BCUT2D eigenvalue weighted by atomic mass is 35.5. The first kappa shape index (κ1) is 14.5. The first-order valence-corrected chi connectivity index (χ1v) is 6.40. The molecule has 106 valence electrons. The number of amides is 1. The minimum atomic E-state index is -3.01. The molecule has 2 N–H and O–H groups in total. The van der Waals surface area contributed by atoms with Crippen molar-refractivity contribution in [3.63, 3.8) is 0 Å². The van der Waals surface area contributed by atoms with Crippen LogP contribution >= 0.6 is 23.1 Å². The second-order valence-electron chi connectivity index (χ2n) is 3.51. The fraction of sp³-hybridized carbons (Fsp3) is 0.0909. The number of aromatic amines is 1. The number of carbonyl (C=O) groups excluding carboxylic acids is 1. The Kier molecular flexibility index (Phi) is 4.35. The number of aromatic nitrogens is 1. The molecule has 1 heterocycles. The maximum Gasteiger partial charge on any atom is 0.387 e. The number of benzene rings is 1. The predicted molar refractivity (Wildman–Crippen MR) is 71.0 cm³/mol. The van der Waals surface area contributed by atoms with Crippen molar-refractivity contribution in [2.45, 2.75) is 6.61 Å². The highest BCUT2D eigenvalue weighted by molar-refractivity contribution is 7.08. The number of hydrogen-bond donors (Lipinski definition) is 2. The lowest BCUT2D eigenvalue weighted by Crippen LogP contribution is -2.13. The van der Waals surface area contributed by atoms with Crippen molar-refractivity contribution in [1.29, 1.82) is 0 Å². The number of hydrogen-bond acceptors (Lipinski definition) is 4. The molecule has 2 rings (SSSR count). The largest absolute Gasteiger partial charge is 0.433 e. The zero-order valence-corrected chi connectivity index (χ0v) is 11.2. The summed E-state index contributed by atoms with van der Waals surface area (Å²) in [5.74, 6) is -0.876. The maximum atomic E-state index is 12.2. The molecule has 0 aliphatic carbocycles. The van der Waals surface area contributed by atoms with Crippen LogP contribution in [0, 0.1) is 0 Å². The standard InChI is InChI=1S/C11H7ClF2N2O3S/c12-7-8(20-16-9(7)17)10(18)15-5-3-1-2-4-6(5)19-11(13)14/h1-4,11H,(H,15,18)(H,16,17). The lowest BCUT2D eigenvalue weighted by atomic mass is 10.3. The molecule has 0 atom stereocenters. The molecule has 1 aromatic heterocycles. The van der Waals surface area contributed by atoms with Crippen molar-refractivity contribution in [3.05, 3.63) is 44.5 Å². The monoisotopic (exact) mass is 320 g/mol. The van der Waals surface area contributed by atoms with Crippen LogP contribution in [-0.2, 0) is 0 Å². The van der Waals surface area contributed by atoms with Gasteiger partial charge in [0, 0.05) is 0 Å². The number of halogens is 3. The Morgan fingerprint density at radius 1 is 1.40 bits per heavy atom. The number of H-pyrrole nitrogens is 1. The van der Waals surface area contributed by atoms with Gasteiger partial charge in [-0.1, -0.05) is 35.3 Å². The number of anilines is 1. The molecule has 0 aliphatic rings. The van der Waals surface area contributed by atoms with E-state index in [1.54, 1.807) is 0 Å². The lowest BCUT2D eigenvalue weighted by Gasteiger charge is -2.10. The van der Waals surface area contributed by atoms with Crippen LogP contribution < -0.4 is 15.6 Å². The Morgan fingerprint density at radius 2 is 2.10 bits per heavy atom. The van der Waals surface area contributed by atoms with E-state index < -0.39 is 18.1 Å². The summed E-state index contributed by atoms with van der Waals surface area (Å²) in [6.07, 6.45) is 0. The quantitative estimate of drug-likeness (QED) is 0.910. The number of ether oxygens (including phenoxy) is 1. The molecular formula is C11H7ClF2N2O3S. The third-order valence-electron chi connectivity index (χ3n) is 2.20. The van der Waals surface area contributed by atoms with E-state index in [0.29, 0.717) is 0 Å². The van der Waals surface area contributed by atoms with Crippen LogP contribution in [0.4, 0.5) is 14.5 Å². The number of para-hydroxylation sites is 2. The summed E-state index contributed by atoms with van der Waals surface area (Å²) in [5.41, 5.74) is -0.534.